The van der Waals surface area contributed by atoms with Gasteiger partial charge >= 0.3 is 5.69 Å². The molecule has 2 atom stereocenters. The van der Waals surface area contributed by atoms with Gasteiger partial charge in [-0.25, -0.2) is 12.0 Å². The number of aromatic nitrogens is 2. The molecule has 0 saturated carbocycles. The van der Waals surface area contributed by atoms with Gasteiger partial charge in [0.25, 0.3) is 0 Å². The molecular formula is C16H18FIN4O2. The summed E-state index contributed by atoms with van der Waals surface area (Å²) in [6.07, 6.45) is 0. The van der Waals surface area contributed by atoms with Crippen molar-refractivity contribution in [2.24, 2.45) is 0 Å². The second-order valence-corrected chi connectivity index (χ2v) is 7.60. The first-order valence-corrected chi connectivity index (χ1v) is 8.86. The van der Waals surface area contributed by atoms with Gasteiger partial charge in [0.15, 0.2) is 11.6 Å². The molecule has 0 bridgehead atoms. The first-order chi connectivity index (χ1) is 11.4. The van der Waals surface area contributed by atoms with Crippen LogP contribution < -0.4 is 15.3 Å². The molecule has 4 rings (SSSR count). The van der Waals surface area contributed by atoms with Crippen molar-refractivity contribution in [3.8, 4) is 5.75 Å². The SMILES string of the molecule is Cc1cc2c3c(nc(=O)n2I)N2CC(C)N(C)CC2COc3c1F. The zero-order valence-electron chi connectivity index (χ0n) is 13.7. The van der Waals surface area contributed by atoms with E-state index in [-0.39, 0.29) is 23.3 Å². The Morgan fingerprint density at radius 1 is 1.42 bits per heavy atom. The Hall–Kier alpha value is -1.42. The number of piperazine rings is 1. The van der Waals surface area contributed by atoms with E-state index < -0.39 is 0 Å². The maximum atomic E-state index is 14.7. The lowest BCUT2D eigenvalue weighted by Crippen LogP contribution is -2.58. The van der Waals surface area contributed by atoms with Crippen LogP contribution in [0, 0.1) is 12.7 Å². The molecule has 2 unspecified atom stereocenters. The van der Waals surface area contributed by atoms with Gasteiger partial charge in [-0.3, -0.25) is 4.90 Å². The quantitative estimate of drug-likeness (QED) is 0.582. The van der Waals surface area contributed by atoms with E-state index in [1.807, 2.05) is 22.9 Å². The van der Waals surface area contributed by atoms with Crippen molar-refractivity contribution in [2.45, 2.75) is 25.9 Å². The monoisotopic (exact) mass is 444 g/mol. The van der Waals surface area contributed by atoms with E-state index in [0.29, 0.717) is 34.9 Å². The highest BCUT2D eigenvalue weighted by atomic mass is 127. The third-order valence-electron chi connectivity index (χ3n) is 5.03. The van der Waals surface area contributed by atoms with Crippen LogP contribution in [0.4, 0.5) is 10.2 Å². The van der Waals surface area contributed by atoms with Crippen molar-refractivity contribution in [2.75, 3.05) is 31.6 Å². The molecule has 1 aromatic carbocycles. The van der Waals surface area contributed by atoms with E-state index in [2.05, 4.69) is 28.8 Å². The second-order valence-electron chi connectivity index (χ2n) is 6.64. The minimum Gasteiger partial charge on any atom is -0.487 e. The lowest BCUT2D eigenvalue weighted by Gasteiger charge is -2.43. The predicted octanol–water partition coefficient (Wildman–Crippen LogP) is 1.94. The number of anilines is 1. The van der Waals surface area contributed by atoms with E-state index in [1.165, 1.54) is 2.78 Å². The summed E-state index contributed by atoms with van der Waals surface area (Å²) < 4.78 is 22.0. The van der Waals surface area contributed by atoms with Gasteiger partial charge < -0.3 is 9.64 Å². The molecule has 3 heterocycles. The van der Waals surface area contributed by atoms with Gasteiger partial charge in [0.2, 0.25) is 0 Å². The molecule has 0 radical (unpaired) electrons. The molecule has 2 aromatic rings. The van der Waals surface area contributed by atoms with Crippen molar-refractivity contribution >= 4 is 39.6 Å². The number of aryl methyl sites for hydroxylation is 1. The molecule has 8 heteroatoms. The summed E-state index contributed by atoms with van der Waals surface area (Å²) in [5.41, 5.74) is 0.763. The van der Waals surface area contributed by atoms with Gasteiger partial charge in [0, 0.05) is 19.1 Å². The Morgan fingerprint density at radius 3 is 2.92 bits per heavy atom. The first-order valence-electron chi connectivity index (χ1n) is 7.90. The van der Waals surface area contributed by atoms with Crippen LogP contribution in [0.5, 0.6) is 5.75 Å². The Labute approximate surface area is 152 Å². The lowest BCUT2D eigenvalue weighted by atomic mass is 10.1. The zero-order valence-corrected chi connectivity index (χ0v) is 15.9. The lowest BCUT2D eigenvalue weighted by molar-refractivity contribution is 0.164. The summed E-state index contributed by atoms with van der Waals surface area (Å²) in [7, 11) is 2.07. The summed E-state index contributed by atoms with van der Waals surface area (Å²) in [6, 6.07) is 2.05. The molecule has 2 aliphatic heterocycles. The fraction of sp³-hybridized carbons (Fsp3) is 0.500. The van der Waals surface area contributed by atoms with Crippen LogP contribution in [0.3, 0.4) is 0 Å². The highest BCUT2D eigenvalue weighted by molar-refractivity contribution is 14.1. The molecule has 0 amide bonds. The van der Waals surface area contributed by atoms with Gasteiger partial charge in [0.1, 0.15) is 12.4 Å². The minimum atomic E-state index is -0.373. The largest absolute Gasteiger partial charge is 0.487 e. The summed E-state index contributed by atoms with van der Waals surface area (Å²) >= 11 is 1.91. The third kappa shape index (κ3) is 2.22. The fourth-order valence-electron chi connectivity index (χ4n) is 3.52. The van der Waals surface area contributed by atoms with Crippen LogP contribution >= 0.6 is 22.9 Å². The van der Waals surface area contributed by atoms with Gasteiger partial charge in [-0.2, -0.15) is 4.98 Å². The first kappa shape index (κ1) is 16.1. The van der Waals surface area contributed by atoms with Crippen LogP contribution in [-0.2, 0) is 0 Å². The summed E-state index contributed by atoms with van der Waals surface area (Å²) in [6.45, 7) is 5.70. The summed E-state index contributed by atoms with van der Waals surface area (Å²) in [5, 5.41) is 0.589. The van der Waals surface area contributed by atoms with E-state index >= 15 is 0 Å². The molecular weight excluding hydrogens is 426 g/mol. The van der Waals surface area contributed by atoms with Crippen LogP contribution in [0.2, 0.25) is 0 Å². The van der Waals surface area contributed by atoms with Crippen LogP contribution in [0.25, 0.3) is 10.9 Å². The molecule has 1 saturated heterocycles. The highest BCUT2D eigenvalue weighted by Crippen LogP contribution is 2.40. The van der Waals surface area contributed by atoms with Crippen LogP contribution in [0.1, 0.15) is 12.5 Å². The molecule has 0 N–H and O–H groups in total. The Kier molecular flexibility index (Phi) is 3.72. The molecule has 0 aliphatic carbocycles. The molecule has 128 valence electrons. The molecule has 2 aliphatic rings. The van der Waals surface area contributed by atoms with Gasteiger partial charge in [-0.15, -0.1) is 0 Å². The standard InChI is InChI=1S/C16H18FIN4O2/c1-8-4-11-12-14(13(8)17)24-7-10-6-20(3)9(2)5-21(10)15(12)19-16(23)22(11)18/h4,9-10H,5-7H2,1-3H3. The average Bonchev–Trinajstić information content (AvgIpc) is 2.68. The van der Waals surface area contributed by atoms with Crippen molar-refractivity contribution < 1.29 is 9.13 Å². The highest BCUT2D eigenvalue weighted by Gasteiger charge is 2.36. The number of nitrogens with zero attached hydrogens (tertiary/aromatic N) is 4. The van der Waals surface area contributed by atoms with E-state index in [9.17, 15) is 9.18 Å². The number of likely N-dealkylation sites (N-methyl/N-ethyl adjacent to an activating group) is 1. The summed E-state index contributed by atoms with van der Waals surface area (Å²) in [4.78, 5) is 21.0. The number of hydrogen-bond donors (Lipinski definition) is 0. The smallest absolute Gasteiger partial charge is 0.359 e. The van der Waals surface area contributed by atoms with Crippen LogP contribution in [0.15, 0.2) is 10.9 Å². The molecule has 0 spiro atoms. The zero-order chi connectivity index (χ0) is 17.2. The number of fused-ring (bicyclic) bond motifs is 2. The average molecular weight is 444 g/mol. The van der Waals surface area contributed by atoms with Crippen molar-refractivity contribution in [1.29, 1.82) is 0 Å². The number of hydrogen-bond acceptors (Lipinski definition) is 5. The number of rotatable bonds is 0. The number of halogens is 2. The van der Waals surface area contributed by atoms with Gasteiger partial charge in [-0.05, 0) is 32.5 Å². The molecule has 24 heavy (non-hydrogen) atoms. The number of benzene rings is 1. The predicted molar refractivity (Wildman–Crippen MR) is 98.8 cm³/mol. The Balaban J connectivity index is 2.05. The van der Waals surface area contributed by atoms with Crippen molar-refractivity contribution in [1.82, 2.24) is 12.7 Å². The topological polar surface area (TPSA) is 50.6 Å². The molecule has 6 nitrogen and oxygen atoms in total. The van der Waals surface area contributed by atoms with Crippen molar-refractivity contribution in [3.63, 3.8) is 0 Å². The molecule has 1 aromatic heterocycles. The van der Waals surface area contributed by atoms with E-state index in [4.69, 9.17) is 4.74 Å². The Morgan fingerprint density at radius 2 is 2.17 bits per heavy atom. The third-order valence-corrected chi connectivity index (χ3v) is 5.96. The van der Waals surface area contributed by atoms with E-state index in [0.717, 1.165) is 13.1 Å². The Bertz CT molecular complexity index is 900. The van der Waals surface area contributed by atoms with Gasteiger partial charge in [-0.1, -0.05) is 0 Å². The van der Waals surface area contributed by atoms with Crippen molar-refractivity contribution in [3.05, 3.63) is 27.9 Å². The second kappa shape index (κ2) is 5.55. The maximum Gasteiger partial charge on any atom is 0.359 e. The fourth-order valence-corrected chi connectivity index (χ4v) is 4.01. The minimum absolute atomic E-state index is 0.0402. The number of ether oxygens (including phenoxy) is 1. The summed E-state index contributed by atoms with van der Waals surface area (Å²) in [5.74, 6) is 0.378. The van der Waals surface area contributed by atoms with Gasteiger partial charge in [0.05, 0.1) is 39.8 Å². The molecule has 1 fully saturated rings. The van der Waals surface area contributed by atoms with Crippen LogP contribution in [-0.4, -0.2) is 51.5 Å². The normalized spacial score (nSPS) is 23.8. The van der Waals surface area contributed by atoms with E-state index in [1.54, 1.807) is 13.0 Å². The maximum absolute atomic E-state index is 14.7.